The van der Waals surface area contributed by atoms with Crippen LogP contribution in [0.2, 0.25) is 0 Å². The molecular formula is C27H26N2O5S2. The second kappa shape index (κ2) is 9.48. The Morgan fingerprint density at radius 3 is 2.69 bits per heavy atom. The van der Waals surface area contributed by atoms with Gasteiger partial charge in [-0.25, -0.2) is 13.4 Å². The summed E-state index contributed by atoms with van der Waals surface area (Å²) in [6.07, 6.45) is 0.729. The van der Waals surface area contributed by atoms with Gasteiger partial charge in [-0.15, -0.1) is 11.3 Å². The SMILES string of the molecule is Cc1ccc(S(=O)(=O)N2CCOc3c(cc(-c4nc5ccccc5s4)cc3OC3CCOC3)C2)cc1. The highest BCUT2D eigenvalue weighted by Crippen LogP contribution is 2.42. The molecular weight excluding hydrogens is 496 g/mol. The molecule has 7 nitrogen and oxygen atoms in total. The average molecular weight is 523 g/mol. The van der Waals surface area contributed by atoms with Gasteiger partial charge in [0.1, 0.15) is 17.7 Å². The van der Waals surface area contributed by atoms with Crippen LogP contribution in [0.25, 0.3) is 20.8 Å². The Morgan fingerprint density at radius 2 is 1.92 bits per heavy atom. The van der Waals surface area contributed by atoms with Gasteiger partial charge in [-0.05, 0) is 43.3 Å². The standard InChI is InChI=1S/C27H26N2O5S2/c1-18-6-8-22(9-7-18)36(30,31)29-11-13-33-26-20(16-29)14-19(15-24(26)34-21-10-12-32-17-21)27-28-23-4-2-3-5-25(23)35-27/h2-9,14-15,21H,10-13,16-17H2,1H3. The molecule has 1 fully saturated rings. The highest BCUT2D eigenvalue weighted by Gasteiger charge is 2.30. The number of ether oxygens (including phenoxy) is 3. The number of aromatic nitrogens is 1. The van der Waals surface area contributed by atoms with E-state index >= 15 is 0 Å². The smallest absolute Gasteiger partial charge is 0.243 e. The number of hydrogen-bond acceptors (Lipinski definition) is 7. The van der Waals surface area contributed by atoms with E-state index in [0.29, 0.717) is 24.7 Å². The Morgan fingerprint density at radius 1 is 1.08 bits per heavy atom. The van der Waals surface area contributed by atoms with E-state index in [2.05, 4.69) is 0 Å². The summed E-state index contributed by atoms with van der Waals surface area (Å²) in [5.41, 5.74) is 3.58. The summed E-state index contributed by atoms with van der Waals surface area (Å²) in [5, 5.41) is 0.851. The number of para-hydroxylation sites is 1. The van der Waals surface area contributed by atoms with Crippen molar-refractivity contribution in [3.05, 3.63) is 71.8 Å². The quantitative estimate of drug-likeness (QED) is 0.366. The Kier molecular flexibility index (Phi) is 6.17. The van der Waals surface area contributed by atoms with Crippen molar-refractivity contribution in [2.75, 3.05) is 26.4 Å². The van der Waals surface area contributed by atoms with Gasteiger partial charge >= 0.3 is 0 Å². The summed E-state index contributed by atoms with van der Waals surface area (Å²) in [6.45, 7) is 3.78. The molecule has 0 aliphatic carbocycles. The molecule has 2 aliphatic heterocycles. The molecule has 0 radical (unpaired) electrons. The third-order valence-corrected chi connectivity index (χ3v) is 9.39. The topological polar surface area (TPSA) is 78.0 Å². The number of nitrogens with zero attached hydrogens (tertiary/aromatic N) is 2. The summed E-state index contributed by atoms with van der Waals surface area (Å²) in [5.74, 6) is 1.19. The van der Waals surface area contributed by atoms with Crippen molar-refractivity contribution in [1.82, 2.24) is 9.29 Å². The van der Waals surface area contributed by atoms with Crippen LogP contribution in [0.4, 0.5) is 0 Å². The fourth-order valence-corrected chi connectivity index (χ4v) is 6.87. The molecule has 6 rings (SSSR count). The van der Waals surface area contributed by atoms with Crippen molar-refractivity contribution in [3.8, 4) is 22.1 Å². The van der Waals surface area contributed by atoms with Crippen LogP contribution in [0.1, 0.15) is 17.5 Å². The molecule has 0 saturated carbocycles. The lowest BCUT2D eigenvalue weighted by Crippen LogP contribution is -2.32. The molecule has 1 atom stereocenters. The minimum absolute atomic E-state index is 0.0704. The maximum absolute atomic E-state index is 13.5. The zero-order chi connectivity index (χ0) is 24.7. The van der Waals surface area contributed by atoms with Crippen LogP contribution in [-0.4, -0.2) is 50.2 Å². The van der Waals surface area contributed by atoms with Crippen LogP contribution in [0.3, 0.4) is 0 Å². The molecule has 3 heterocycles. The molecule has 0 amide bonds. The number of benzene rings is 3. The van der Waals surface area contributed by atoms with Gasteiger partial charge in [0.15, 0.2) is 11.5 Å². The first-order valence-electron chi connectivity index (χ1n) is 11.9. The molecule has 36 heavy (non-hydrogen) atoms. The van der Waals surface area contributed by atoms with Crippen LogP contribution < -0.4 is 9.47 Å². The van der Waals surface area contributed by atoms with Crippen molar-refractivity contribution < 1.29 is 22.6 Å². The number of thiazole rings is 1. The van der Waals surface area contributed by atoms with E-state index in [-0.39, 0.29) is 30.7 Å². The summed E-state index contributed by atoms with van der Waals surface area (Å²) < 4.78 is 47.6. The summed E-state index contributed by atoms with van der Waals surface area (Å²) in [7, 11) is -3.70. The van der Waals surface area contributed by atoms with Crippen LogP contribution in [0, 0.1) is 6.92 Å². The van der Waals surface area contributed by atoms with Gasteiger partial charge in [0.25, 0.3) is 0 Å². The monoisotopic (exact) mass is 522 g/mol. The van der Waals surface area contributed by atoms with E-state index in [0.717, 1.165) is 38.3 Å². The maximum Gasteiger partial charge on any atom is 0.243 e. The molecule has 9 heteroatoms. The summed E-state index contributed by atoms with van der Waals surface area (Å²) >= 11 is 1.60. The Labute approximate surface area is 214 Å². The summed E-state index contributed by atoms with van der Waals surface area (Å²) in [6, 6.07) is 18.9. The number of aryl methyl sites for hydroxylation is 1. The fraction of sp³-hybridized carbons (Fsp3) is 0.296. The van der Waals surface area contributed by atoms with Crippen molar-refractivity contribution >= 4 is 31.6 Å². The van der Waals surface area contributed by atoms with Gasteiger partial charge in [0.05, 0.1) is 28.3 Å². The lowest BCUT2D eigenvalue weighted by molar-refractivity contribution is 0.137. The second-order valence-corrected chi connectivity index (χ2v) is 12.0. The van der Waals surface area contributed by atoms with Gasteiger partial charge in [-0.1, -0.05) is 29.8 Å². The Bertz CT molecular complexity index is 1480. The first-order valence-corrected chi connectivity index (χ1v) is 14.2. The zero-order valence-corrected chi connectivity index (χ0v) is 21.5. The molecule has 1 saturated heterocycles. The fourth-order valence-electron chi connectivity index (χ4n) is 4.52. The van der Waals surface area contributed by atoms with E-state index in [9.17, 15) is 8.42 Å². The minimum atomic E-state index is -3.70. The normalized spacial score (nSPS) is 18.5. The molecule has 0 N–H and O–H groups in total. The molecule has 0 bridgehead atoms. The van der Waals surface area contributed by atoms with Crippen LogP contribution in [0.15, 0.2) is 65.6 Å². The predicted molar refractivity (Wildman–Crippen MR) is 139 cm³/mol. The third-order valence-electron chi connectivity index (χ3n) is 6.45. The molecule has 2 aliphatic rings. The van der Waals surface area contributed by atoms with Crippen molar-refractivity contribution in [3.63, 3.8) is 0 Å². The summed E-state index contributed by atoms with van der Waals surface area (Å²) in [4.78, 5) is 5.09. The number of hydrogen-bond donors (Lipinski definition) is 0. The number of rotatable bonds is 5. The van der Waals surface area contributed by atoms with E-state index in [1.165, 1.54) is 4.31 Å². The largest absolute Gasteiger partial charge is 0.488 e. The lowest BCUT2D eigenvalue weighted by Gasteiger charge is -2.20. The minimum Gasteiger partial charge on any atom is -0.488 e. The van der Waals surface area contributed by atoms with Gasteiger partial charge in [-0.2, -0.15) is 4.31 Å². The Hall–Kier alpha value is -2.98. The molecule has 186 valence electrons. The highest BCUT2D eigenvalue weighted by molar-refractivity contribution is 7.89. The molecule has 1 unspecified atom stereocenters. The predicted octanol–water partition coefficient (Wildman–Crippen LogP) is 5.02. The van der Waals surface area contributed by atoms with Crippen molar-refractivity contribution in [2.45, 2.75) is 30.9 Å². The van der Waals surface area contributed by atoms with Crippen molar-refractivity contribution in [1.29, 1.82) is 0 Å². The molecule has 4 aromatic rings. The average Bonchev–Trinajstić information content (AvgIpc) is 3.49. The van der Waals surface area contributed by atoms with E-state index < -0.39 is 10.0 Å². The number of fused-ring (bicyclic) bond motifs is 2. The first kappa shape index (κ1) is 23.4. The first-order chi connectivity index (χ1) is 17.5. The van der Waals surface area contributed by atoms with E-state index in [1.54, 1.807) is 23.5 Å². The second-order valence-electron chi connectivity index (χ2n) is 9.05. The van der Waals surface area contributed by atoms with Gasteiger partial charge < -0.3 is 14.2 Å². The Balaban J connectivity index is 1.42. The lowest BCUT2D eigenvalue weighted by atomic mass is 10.1. The molecule has 3 aromatic carbocycles. The van der Waals surface area contributed by atoms with Crippen molar-refractivity contribution in [2.24, 2.45) is 0 Å². The third kappa shape index (κ3) is 4.48. The number of sulfonamides is 1. The maximum atomic E-state index is 13.5. The van der Waals surface area contributed by atoms with Gasteiger partial charge in [0, 0.05) is 30.6 Å². The van der Waals surface area contributed by atoms with Crippen LogP contribution in [-0.2, 0) is 21.3 Å². The highest BCUT2D eigenvalue weighted by atomic mass is 32.2. The molecule has 0 spiro atoms. The van der Waals surface area contributed by atoms with Gasteiger partial charge in [-0.3, -0.25) is 0 Å². The van der Waals surface area contributed by atoms with E-state index in [1.807, 2.05) is 55.5 Å². The van der Waals surface area contributed by atoms with E-state index in [4.69, 9.17) is 19.2 Å². The zero-order valence-electron chi connectivity index (χ0n) is 19.8. The van der Waals surface area contributed by atoms with Crippen LogP contribution >= 0.6 is 11.3 Å². The van der Waals surface area contributed by atoms with Crippen LogP contribution in [0.5, 0.6) is 11.5 Å². The van der Waals surface area contributed by atoms with Gasteiger partial charge in [0.2, 0.25) is 10.0 Å². The molecule has 1 aromatic heterocycles.